The second-order valence-corrected chi connectivity index (χ2v) is 5.34. The minimum atomic E-state index is -0.268. The third-order valence-corrected chi connectivity index (χ3v) is 3.93. The maximum Gasteiger partial charge on any atom is 0.276 e. The van der Waals surface area contributed by atoms with Crippen molar-refractivity contribution in [3.05, 3.63) is 52.9 Å². The van der Waals surface area contributed by atoms with Crippen LogP contribution in [0.15, 0.2) is 47.4 Å². The van der Waals surface area contributed by atoms with E-state index in [1.54, 1.807) is 25.0 Å². The van der Waals surface area contributed by atoms with Gasteiger partial charge in [0.05, 0.1) is 20.3 Å². The van der Waals surface area contributed by atoms with Crippen molar-refractivity contribution in [3.8, 4) is 16.9 Å². The van der Waals surface area contributed by atoms with Gasteiger partial charge in [0, 0.05) is 24.3 Å². The summed E-state index contributed by atoms with van der Waals surface area (Å²) < 4.78 is 11.9. The van der Waals surface area contributed by atoms with Gasteiger partial charge in [-0.15, -0.1) is 0 Å². The highest BCUT2D eigenvalue weighted by Gasteiger charge is 2.17. The normalized spacial score (nSPS) is 10.9. The summed E-state index contributed by atoms with van der Waals surface area (Å²) in [6.07, 6.45) is 1.66. The van der Waals surface area contributed by atoms with Crippen molar-refractivity contribution >= 4 is 16.7 Å². The van der Waals surface area contributed by atoms with Gasteiger partial charge in [-0.05, 0) is 29.8 Å². The molecule has 24 heavy (non-hydrogen) atoms. The molecule has 0 fully saturated rings. The number of benzene rings is 1. The highest BCUT2D eigenvalue weighted by atomic mass is 16.5. The Kier molecular flexibility index (Phi) is 4.48. The number of hydrogen-bond acceptors (Lipinski definition) is 5. The Morgan fingerprint density at radius 3 is 2.79 bits per heavy atom. The van der Waals surface area contributed by atoms with E-state index in [2.05, 4.69) is 4.98 Å². The average molecular weight is 325 g/mol. The molecular formula is C18H19N3O3. The van der Waals surface area contributed by atoms with E-state index in [1.807, 2.05) is 36.4 Å². The van der Waals surface area contributed by atoms with Crippen molar-refractivity contribution in [1.29, 1.82) is 0 Å². The fraction of sp³-hybridized carbons (Fsp3) is 0.222. The van der Waals surface area contributed by atoms with Crippen molar-refractivity contribution in [2.24, 2.45) is 0 Å². The zero-order valence-corrected chi connectivity index (χ0v) is 13.7. The molecule has 1 aromatic carbocycles. The summed E-state index contributed by atoms with van der Waals surface area (Å²) in [7, 11) is 3.19. The molecular weight excluding hydrogens is 306 g/mol. The van der Waals surface area contributed by atoms with Crippen molar-refractivity contribution in [3.63, 3.8) is 0 Å². The summed E-state index contributed by atoms with van der Waals surface area (Å²) in [5, 5.41) is 0.818. The number of nitrogens with two attached hydrogens (primary N) is 1. The SMILES string of the molecule is COCCn1c(=O)c(N)c(-c2cccc(OC)c2)c2cccnc21. The van der Waals surface area contributed by atoms with Gasteiger partial charge < -0.3 is 15.2 Å². The molecule has 0 radical (unpaired) electrons. The summed E-state index contributed by atoms with van der Waals surface area (Å²) >= 11 is 0. The van der Waals surface area contributed by atoms with Crippen LogP contribution < -0.4 is 16.0 Å². The molecule has 0 aliphatic carbocycles. The number of fused-ring (bicyclic) bond motifs is 1. The number of pyridine rings is 2. The summed E-state index contributed by atoms with van der Waals surface area (Å²) in [4.78, 5) is 17.1. The van der Waals surface area contributed by atoms with E-state index in [9.17, 15) is 4.79 Å². The minimum Gasteiger partial charge on any atom is -0.497 e. The molecule has 2 aromatic heterocycles. The van der Waals surface area contributed by atoms with E-state index >= 15 is 0 Å². The lowest BCUT2D eigenvalue weighted by Gasteiger charge is -2.15. The molecule has 6 heteroatoms. The predicted molar refractivity (Wildman–Crippen MR) is 94.3 cm³/mol. The van der Waals surface area contributed by atoms with Crippen molar-refractivity contribution in [2.75, 3.05) is 26.6 Å². The maximum atomic E-state index is 12.7. The molecule has 2 heterocycles. The van der Waals surface area contributed by atoms with Crippen molar-refractivity contribution < 1.29 is 9.47 Å². The quantitative estimate of drug-likeness (QED) is 0.778. The van der Waals surface area contributed by atoms with Gasteiger partial charge in [0.25, 0.3) is 5.56 Å². The van der Waals surface area contributed by atoms with Gasteiger partial charge in [-0.25, -0.2) is 4.98 Å². The Morgan fingerprint density at radius 2 is 2.04 bits per heavy atom. The zero-order chi connectivity index (χ0) is 17.1. The molecule has 2 N–H and O–H groups in total. The summed E-state index contributed by atoms with van der Waals surface area (Å²) in [5.74, 6) is 0.701. The highest BCUT2D eigenvalue weighted by molar-refractivity contribution is 5.99. The second-order valence-electron chi connectivity index (χ2n) is 5.34. The van der Waals surface area contributed by atoms with Crippen LogP contribution in [0.4, 0.5) is 5.69 Å². The van der Waals surface area contributed by atoms with Crippen LogP contribution in [0.3, 0.4) is 0 Å². The minimum absolute atomic E-state index is 0.194. The monoisotopic (exact) mass is 325 g/mol. The van der Waals surface area contributed by atoms with E-state index < -0.39 is 0 Å². The number of anilines is 1. The third-order valence-electron chi connectivity index (χ3n) is 3.93. The molecule has 0 unspecified atom stereocenters. The second kappa shape index (κ2) is 6.72. The lowest BCUT2D eigenvalue weighted by Crippen LogP contribution is -2.26. The number of nitrogens with zero attached hydrogens (tertiary/aromatic N) is 2. The Labute approximate surface area is 139 Å². The first-order chi connectivity index (χ1) is 11.7. The van der Waals surface area contributed by atoms with Crippen LogP contribution in [0.2, 0.25) is 0 Å². The molecule has 3 aromatic rings. The van der Waals surface area contributed by atoms with Gasteiger partial charge >= 0.3 is 0 Å². The molecule has 0 saturated carbocycles. The Balaban J connectivity index is 2.33. The Morgan fingerprint density at radius 1 is 1.21 bits per heavy atom. The topological polar surface area (TPSA) is 79.4 Å². The van der Waals surface area contributed by atoms with Crippen LogP contribution >= 0.6 is 0 Å². The van der Waals surface area contributed by atoms with Crippen molar-refractivity contribution in [2.45, 2.75) is 6.54 Å². The summed E-state index contributed by atoms with van der Waals surface area (Å²) in [5.41, 5.74) is 8.22. The number of nitrogen functional groups attached to an aromatic ring is 1. The molecule has 0 amide bonds. The smallest absolute Gasteiger partial charge is 0.276 e. The Bertz CT molecular complexity index is 934. The summed E-state index contributed by atoms with van der Waals surface area (Å²) in [6.45, 7) is 0.801. The maximum absolute atomic E-state index is 12.7. The predicted octanol–water partition coefficient (Wildman–Crippen LogP) is 2.30. The first kappa shape index (κ1) is 16.0. The van der Waals surface area contributed by atoms with E-state index in [1.165, 1.54) is 0 Å². The number of methoxy groups -OCH3 is 2. The van der Waals surface area contributed by atoms with E-state index in [0.717, 1.165) is 10.9 Å². The number of hydrogen-bond donors (Lipinski definition) is 1. The van der Waals surface area contributed by atoms with Crippen LogP contribution in [0.5, 0.6) is 5.75 Å². The molecule has 0 saturated heterocycles. The van der Waals surface area contributed by atoms with Gasteiger partial charge in [-0.2, -0.15) is 0 Å². The molecule has 6 nitrogen and oxygen atoms in total. The molecule has 3 rings (SSSR count). The highest BCUT2D eigenvalue weighted by Crippen LogP contribution is 2.32. The van der Waals surface area contributed by atoms with Gasteiger partial charge in [0.1, 0.15) is 17.1 Å². The lowest BCUT2D eigenvalue weighted by atomic mass is 10.0. The molecule has 0 aliphatic rings. The van der Waals surface area contributed by atoms with Gasteiger partial charge in [-0.3, -0.25) is 9.36 Å². The molecule has 0 spiro atoms. The fourth-order valence-corrected chi connectivity index (χ4v) is 2.78. The number of ether oxygens (including phenoxy) is 2. The van der Waals surface area contributed by atoms with E-state index in [4.69, 9.17) is 15.2 Å². The number of aromatic nitrogens is 2. The number of rotatable bonds is 5. The van der Waals surface area contributed by atoms with Crippen LogP contribution in [0.25, 0.3) is 22.2 Å². The zero-order valence-electron chi connectivity index (χ0n) is 13.7. The van der Waals surface area contributed by atoms with Gasteiger partial charge in [-0.1, -0.05) is 12.1 Å². The van der Waals surface area contributed by atoms with Crippen LogP contribution in [0.1, 0.15) is 0 Å². The molecule has 0 bridgehead atoms. The van der Waals surface area contributed by atoms with E-state index in [-0.39, 0.29) is 11.2 Å². The molecule has 0 aliphatic heterocycles. The van der Waals surface area contributed by atoms with Gasteiger partial charge in [0.2, 0.25) is 0 Å². The first-order valence-electron chi connectivity index (χ1n) is 7.57. The van der Waals surface area contributed by atoms with Crippen LogP contribution in [0, 0.1) is 0 Å². The van der Waals surface area contributed by atoms with E-state index in [0.29, 0.717) is 30.1 Å². The summed E-state index contributed by atoms with van der Waals surface area (Å²) in [6, 6.07) is 11.2. The standard InChI is InChI=1S/C18H19N3O3/c1-23-10-9-21-17-14(7-4-8-20-17)15(16(19)18(21)22)12-5-3-6-13(11-12)24-2/h3-8,11H,9-10,19H2,1-2H3. The van der Waals surface area contributed by atoms with Crippen LogP contribution in [-0.4, -0.2) is 30.4 Å². The average Bonchev–Trinajstić information content (AvgIpc) is 2.62. The van der Waals surface area contributed by atoms with Crippen LogP contribution in [-0.2, 0) is 11.3 Å². The first-order valence-corrected chi connectivity index (χ1v) is 7.57. The molecule has 124 valence electrons. The third kappa shape index (κ3) is 2.72. The van der Waals surface area contributed by atoms with Gasteiger partial charge in [0.15, 0.2) is 0 Å². The molecule has 0 atom stereocenters. The van der Waals surface area contributed by atoms with Crippen molar-refractivity contribution in [1.82, 2.24) is 9.55 Å². The largest absolute Gasteiger partial charge is 0.497 e. The lowest BCUT2D eigenvalue weighted by molar-refractivity contribution is 0.187. The fourth-order valence-electron chi connectivity index (χ4n) is 2.78. The Hall–Kier alpha value is -2.86.